The van der Waals surface area contributed by atoms with Gasteiger partial charge in [-0.15, -0.1) is 0 Å². The summed E-state index contributed by atoms with van der Waals surface area (Å²) in [5, 5.41) is 2.90. The van der Waals surface area contributed by atoms with E-state index in [-0.39, 0.29) is 49.3 Å². The molecular formula is C38H58N4O7. The lowest BCUT2D eigenvalue weighted by molar-refractivity contribution is -0.160. The zero-order valence-electron chi connectivity index (χ0n) is 30.6. The second kappa shape index (κ2) is 19.5. The lowest BCUT2D eigenvalue weighted by Gasteiger charge is -2.35. The Hall–Kier alpha value is -3.73. The van der Waals surface area contributed by atoms with Gasteiger partial charge in [0.05, 0.1) is 12.6 Å². The van der Waals surface area contributed by atoms with Gasteiger partial charge in [0.15, 0.2) is 0 Å². The largest absolute Gasteiger partial charge is 0.461 e. The Morgan fingerprint density at radius 3 is 2.39 bits per heavy atom. The minimum Gasteiger partial charge on any atom is -0.461 e. The highest BCUT2D eigenvalue weighted by Gasteiger charge is 2.41. The van der Waals surface area contributed by atoms with E-state index >= 15 is 0 Å². The van der Waals surface area contributed by atoms with Gasteiger partial charge in [0.1, 0.15) is 24.2 Å². The number of amides is 4. The second-order valence-corrected chi connectivity index (χ2v) is 14.2. The summed E-state index contributed by atoms with van der Waals surface area (Å²) in [7, 11) is 4.79. The molecule has 1 saturated heterocycles. The lowest BCUT2D eigenvalue weighted by Crippen LogP contribution is -2.55. The average molecular weight is 683 g/mol. The van der Waals surface area contributed by atoms with Crippen molar-refractivity contribution in [1.29, 1.82) is 0 Å². The first-order chi connectivity index (χ1) is 23.3. The Balaban J connectivity index is 1.95. The Kier molecular flexibility index (Phi) is 15.8. The summed E-state index contributed by atoms with van der Waals surface area (Å²) in [6, 6.07) is 7.02. The van der Waals surface area contributed by atoms with Crippen LogP contribution in [0.5, 0.6) is 0 Å². The molecule has 0 saturated carbocycles. The maximum atomic E-state index is 14.2. The summed E-state index contributed by atoms with van der Waals surface area (Å²) >= 11 is 0. The van der Waals surface area contributed by atoms with Crippen molar-refractivity contribution in [2.24, 2.45) is 5.92 Å². The maximum absolute atomic E-state index is 14.2. The standard InChI is InChI=1S/C38H58N4O7/c1-26(2)23-33-37(46)42-22-12-17-32(42)38(47)49-30(16-11-13-28(4)48-7)20-18-27(3)19-21-34(43)39-31(24-29-14-9-8-10-15-29)36(45)40(5)25-35(44)41(33)6/h8-10,14-15,19,26,28,30-33H,11-13,16-18,20-25H2,1-7H3,(H,39,43)/b27-19-/t28-,30+,31-,32-,33+/m0/s1. The molecule has 5 atom stereocenters. The molecule has 1 fully saturated rings. The van der Waals surface area contributed by atoms with Crippen LogP contribution in [0.3, 0.4) is 0 Å². The zero-order chi connectivity index (χ0) is 36.1. The van der Waals surface area contributed by atoms with Crippen LogP contribution in [0.1, 0.15) is 91.0 Å². The third kappa shape index (κ3) is 12.3. The number of likely N-dealkylation sites (N-methyl/N-ethyl adjacent to an activating group) is 2. The van der Waals surface area contributed by atoms with Crippen LogP contribution in [0, 0.1) is 5.92 Å². The van der Waals surface area contributed by atoms with Gasteiger partial charge in [-0.1, -0.05) is 55.8 Å². The van der Waals surface area contributed by atoms with Crippen molar-refractivity contribution < 1.29 is 33.4 Å². The number of nitrogens with one attached hydrogen (secondary N) is 1. The van der Waals surface area contributed by atoms with Crippen LogP contribution in [0.15, 0.2) is 42.0 Å². The predicted molar refractivity (Wildman–Crippen MR) is 188 cm³/mol. The Bertz CT molecular complexity index is 1300. The molecule has 2 heterocycles. The van der Waals surface area contributed by atoms with E-state index in [1.54, 1.807) is 19.1 Å². The van der Waals surface area contributed by atoms with Crippen molar-refractivity contribution >= 4 is 29.6 Å². The Morgan fingerprint density at radius 2 is 1.71 bits per heavy atom. The van der Waals surface area contributed by atoms with Crippen molar-refractivity contribution in [1.82, 2.24) is 20.0 Å². The van der Waals surface area contributed by atoms with E-state index in [2.05, 4.69) is 5.32 Å². The van der Waals surface area contributed by atoms with E-state index in [0.717, 1.165) is 24.0 Å². The molecule has 0 bridgehead atoms. The fourth-order valence-electron chi connectivity index (χ4n) is 6.49. The molecule has 0 aliphatic carbocycles. The van der Waals surface area contributed by atoms with Crippen LogP contribution in [-0.4, -0.2) is 109 Å². The number of esters is 1. The van der Waals surface area contributed by atoms with Gasteiger partial charge in [-0.25, -0.2) is 4.79 Å². The number of carbonyl (C=O) groups excluding carboxylic acids is 5. The Morgan fingerprint density at radius 1 is 1.00 bits per heavy atom. The molecule has 11 nitrogen and oxygen atoms in total. The number of hydrogen-bond donors (Lipinski definition) is 1. The van der Waals surface area contributed by atoms with Crippen LogP contribution in [-0.2, 0) is 39.9 Å². The van der Waals surface area contributed by atoms with Crippen LogP contribution in [0.2, 0.25) is 0 Å². The number of carbonyl (C=O) groups is 5. The first-order valence-electron chi connectivity index (χ1n) is 17.8. The number of rotatable bonds is 9. The van der Waals surface area contributed by atoms with Crippen LogP contribution in [0.4, 0.5) is 0 Å². The van der Waals surface area contributed by atoms with E-state index in [4.69, 9.17) is 9.47 Å². The molecule has 0 radical (unpaired) electrons. The summed E-state index contributed by atoms with van der Waals surface area (Å²) in [6.07, 6.45) is 6.95. The fraction of sp³-hybridized carbons (Fsp3) is 0.658. The molecule has 1 aromatic carbocycles. The number of cyclic esters (lactones) is 1. The third-order valence-corrected chi connectivity index (χ3v) is 9.63. The van der Waals surface area contributed by atoms with E-state index in [1.165, 1.54) is 16.8 Å². The number of benzene rings is 1. The minimum atomic E-state index is -0.881. The number of ether oxygens (including phenoxy) is 2. The lowest BCUT2D eigenvalue weighted by atomic mass is 10.0. The summed E-state index contributed by atoms with van der Waals surface area (Å²) in [5.74, 6) is -1.72. The molecular weight excluding hydrogens is 624 g/mol. The average Bonchev–Trinajstić information content (AvgIpc) is 3.57. The SMILES string of the molecule is CO[C@@H](C)CCC[C@@H]1CC/C(C)=C\CC(=O)N[C@@H](Cc2ccccc2)C(=O)N(C)CC(=O)N(C)[C@H](CC(C)C)C(=O)N2CCC[C@H]2C(=O)O1. The highest BCUT2D eigenvalue weighted by atomic mass is 16.5. The third-order valence-electron chi connectivity index (χ3n) is 9.63. The quantitative estimate of drug-likeness (QED) is 0.305. The first-order valence-corrected chi connectivity index (χ1v) is 17.8. The van der Waals surface area contributed by atoms with Gasteiger partial charge in [-0.2, -0.15) is 0 Å². The fourth-order valence-corrected chi connectivity index (χ4v) is 6.49. The van der Waals surface area contributed by atoms with Crippen LogP contribution < -0.4 is 5.32 Å². The highest BCUT2D eigenvalue weighted by molar-refractivity contribution is 5.94. The van der Waals surface area contributed by atoms with Gasteiger partial charge in [-0.05, 0) is 76.7 Å². The van der Waals surface area contributed by atoms with Crippen molar-refractivity contribution in [2.75, 3.05) is 34.3 Å². The van der Waals surface area contributed by atoms with E-state index in [9.17, 15) is 24.0 Å². The molecule has 2 aliphatic heterocycles. The summed E-state index contributed by atoms with van der Waals surface area (Å²) in [6.45, 7) is 8.05. The van der Waals surface area contributed by atoms with E-state index in [1.807, 2.05) is 64.1 Å². The van der Waals surface area contributed by atoms with Gasteiger partial charge in [0.25, 0.3) is 0 Å². The predicted octanol–water partition coefficient (Wildman–Crippen LogP) is 4.28. The number of methoxy groups -OCH3 is 1. The van der Waals surface area contributed by atoms with Crippen molar-refractivity contribution in [2.45, 2.75) is 122 Å². The number of hydrogen-bond acceptors (Lipinski definition) is 7. The molecule has 4 amide bonds. The minimum absolute atomic E-state index is 0.0845. The number of allylic oxidation sites excluding steroid dienone is 1. The van der Waals surface area contributed by atoms with Crippen LogP contribution in [0.25, 0.3) is 0 Å². The summed E-state index contributed by atoms with van der Waals surface area (Å²) in [5.41, 5.74) is 1.85. The molecule has 0 aromatic heterocycles. The van der Waals surface area contributed by atoms with Crippen molar-refractivity contribution in [3.63, 3.8) is 0 Å². The van der Waals surface area contributed by atoms with Gasteiger partial charge >= 0.3 is 5.97 Å². The molecule has 0 unspecified atom stereocenters. The van der Waals surface area contributed by atoms with Crippen LogP contribution >= 0.6 is 0 Å². The Labute approximate surface area is 292 Å². The number of nitrogens with zero attached hydrogens (tertiary/aromatic N) is 3. The molecule has 3 rings (SSSR count). The summed E-state index contributed by atoms with van der Waals surface area (Å²) in [4.78, 5) is 72.8. The van der Waals surface area contributed by atoms with Gasteiger partial charge in [0.2, 0.25) is 23.6 Å². The van der Waals surface area contributed by atoms with Crippen molar-refractivity contribution in [3.05, 3.63) is 47.5 Å². The monoisotopic (exact) mass is 682 g/mol. The zero-order valence-corrected chi connectivity index (χ0v) is 30.6. The van der Waals surface area contributed by atoms with Gasteiger partial charge in [-0.3, -0.25) is 19.2 Å². The van der Waals surface area contributed by atoms with E-state index < -0.39 is 35.9 Å². The molecule has 1 N–H and O–H groups in total. The molecule has 0 spiro atoms. The smallest absolute Gasteiger partial charge is 0.329 e. The van der Waals surface area contributed by atoms with Crippen molar-refractivity contribution in [3.8, 4) is 0 Å². The molecule has 2 aliphatic rings. The van der Waals surface area contributed by atoms with Gasteiger partial charge < -0.3 is 29.5 Å². The normalized spacial score (nSPS) is 25.8. The van der Waals surface area contributed by atoms with E-state index in [0.29, 0.717) is 45.1 Å². The highest BCUT2D eigenvalue weighted by Crippen LogP contribution is 2.26. The molecule has 11 heteroatoms. The van der Waals surface area contributed by atoms with Gasteiger partial charge in [0, 0.05) is 40.6 Å². The molecule has 272 valence electrons. The molecule has 49 heavy (non-hydrogen) atoms. The molecule has 1 aromatic rings. The topological polar surface area (TPSA) is 126 Å². The maximum Gasteiger partial charge on any atom is 0.329 e. The first kappa shape index (κ1) is 39.7. The summed E-state index contributed by atoms with van der Waals surface area (Å²) < 4.78 is 11.5. The second-order valence-electron chi connectivity index (χ2n) is 14.2. The number of fused-ring (bicyclic) bond motifs is 1.